The molecule has 12 nitrogen and oxygen atoms in total. The standard InChI is InChI=1S/C19H16F3N5O.C18H14F3N5O/c1-11-3-2-8-23-17(11)18(28)25-13-6-7-16(24-10-13)27-14(12-4-5-12)9-15(26-27)19(20,21)22;19-18(20,21)15-9-14(11-4-5-11)26(25-15)16-7-6-12(10-23-16)24-17(27)13-3-1-2-8-22-13/h2-3,6-10,12H,4-5H2,1H3,(H,25,28);1-3,6-11H,4-5H2,(H,24,27). The maximum absolute atomic E-state index is 13.0. The molecule has 0 saturated heterocycles. The number of carbonyl (C=O) groups is 2. The maximum atomic E-state index is 13.0. The number of halogens is 6. The molecule has 0 aromatic carbocycles. The fraction of sp³-hybridized carbons (Fsp3) is 0.243. The Morgan fingerprint density at radius 2 is 1.15 bits per heavy atom. The summed E-state index contributed by atoms with van der Waals surface area (Å²) in [5, 5.41) is 12.7. The van der Waals surface area contributed by atoms with Crippen molar-refractivity contribution in [3.05, 3.63) is 131 Å². The third kappa shape index (κ3) is 8.69. The second kappa shape index (κ2) is 14.8. The van der Waals surface area contributed by atoms with Gasteiger partial charge in [-0.15, -0.1) is 0 Å². The minimum Gasteiger partial charge on any atom is -0.319 e. The number of hydrogen-bond donors (Lipinski definition) is 2. The third-order valence-corrected chi connectivity index (χ3v) is 8.61. The van der Waals surface area contributed by atoms with Gasteiger partial charge in [-0.3, -0.25) is 19.6 Å². The molecule has 6 heterocycles. The molecule has 282 valence electrons. The molecule has 18 heteroatoms. The highest BCUT2D eigenvalue weighted by molar-refractivity contribution is 6.04. The molecule has 0 atom stereocenters. The molecule has 2 aliphatic rings. The van der Waals surface area contributed by atoms with Crippen molar-refractivity contribution < 1.29 is 35.9 Å². The van der Waals surface area contributed by atoms with E-state index in [1.54, 1.807) is 49.4 Å². The minimum atomic E-state index is -4.51. The van der Waals surface area contributed by atoms with Crippen molar-refractivity contribution in [2.24, 2.45) is 0 Å². The summed E-state index contributed by atoms with van der Waals surface area (Å²) in [6.45, 7) is 1.78. The average molecular weight is 761 g/mol. The van der Waals surface area contributed by atoms with Crippen molar-refractivity contribution in [1.29, 1.82) is 0 Å². The molecule has 0 radical (unpaired) electrons. The first-order valence-electron chi connectivity index (χ1n) is 17.0. The smallest absolute Gasteiger partial charge is 0.319 e. The van der Waals surface area contributed by atoms with Crippen LogP contribution < -0.4 is 10.6 Å². The van der Waals surface area contributed by atoms with Crippen LogP contribution >= 0.6 is 0 Å². The molecule has 2 aliphatic carbocycles. The summed E-state index contributed by atoms with van der Waals surface area (Å²) in [6, 6.07) is 16.8. The number of nitrogens with one attached hydrogen (secondary N) is 2. The largest absolute Gasteiger partial charge is 0.435 e. The topological polar surface area (TPSA) is 145 Å². The molecule has 2 fully saturated rings. The molecule has 0 spiro atoms. The Hall–Kier alpha value is -6.46. The van der Waals surface area contributed by atoms with E-state index in [9.17, 15) is 35.9 Å². The van der Waals surface area contributed by atoms with Crippen molar-refractivity contribution in [2.45, 2.75) is 56.8 Å². The molecule has 8 rings (SSSR count). The molecule has 0 aliphatic heterocycles. The Morgan fingerprint density at radius 3 is 1.56 bits per heavy atom. The van der Waals surface area contributed by atoms with Crippen molar-refractivity contribution in [3.8, 4) is 11.6 Å². The van der Waals surface area contributed by atoms with Crippen LogP contribution in [-0.4, -0.2) is 51.3 Å². The predicted octanol–water partition coefficient (Wildman–Crippen LogP) is 7.93. The van der Waals surface area contributed by atoms with E-state index in [0.717, 1.165) is 43.4 Å². The van der Waals surface area contributed by atoms with Crippen LogP contribution in [0, 0.1) is 6.92 Å². The molecule has 0 bridgehead atoms. The maximum Gasteiger partial charge on any atom is 0.435 e. The second-order valence-corrected chi connectivity index (χ2v) is 12.9. The molecule has 0 unspecified atom stereocenters. The molecule has 6 aromatic rings. The van der Waals surface area contributed by atoms with Crippen LogP contribution in [0.1, 0.15) is 86.8 Å². The van der Waals surface area contributed by atoms with E-state index < -0.39 is 29.6 Å². The fourth-order valence-electron chi connectivity index (χ4n) is 5.55. The van der Waals surface area contributed by atoms with Crippen LogP contribution in [0.2, 0.25) is 0 Å². The van der Waals surface area contributed by atoms with E-state index in [1.807, 2.05) is 0 Å². The lowest BCUT2D eigenvalue weighted by Crippen LogP contribution is -2.15. The van der Waals surface area contributed by atoms with Gasteiger partial charge in [0.25, 0.3) is 11.8 Å². The summed E-state index contributed by atoms with van der Waals surface area (Å²) in [5.74, 6) is -0.115. The van der Waals surface area contributed by atoms with Crippen LogP contribution in [0.3, 0.4) is 0 Å². The van der Waals surface area contributed by atoms with Crippen LogP contribution in [0.15, 0.2) is 91.5 Å². The molecule has 6 aromatic heterocycles. The Morgan fingerprint density at radius 1 is 0.636 bits per heavy atom. The number of aryl methyl sites for hydroxylation is 1. The Labute approximate surface area is 308 Å². The number of amides is 2. The summed E-state index contributed by atoms with van der Waals surface area (Å²) in [7, 11) is 0. The van der Waals surface area contributed by atoms with Crippen molar-refractivity contribution >= 4 is 23.2 Å². The molecular weight excluding hydrogens is 730 g/mol. The van der Waals surface area contributed by atoms with Gasteiger partial charge in [-0.2, -0.15) is 36.5 Å². The van der Waals surface area contributed by atoms with Gasteiger partial charge >= 0.3 is 12.4 Å². The number of carbonyl (C=O) groups excluding carboxylic acids is 2. The summed E-state index contributed by atoms with van der Waals surface area (Å²) in [6.07, 6.45) is 0.113. The summed E-state index contributed by atoms with van der Waals surface area (Å²) in [5.41, 5.74) is 1.23. The Kier molecular flexibility index (Phi) is 9.89. The monoisotopic (exact) mass is 760 g/mol. The van der Waals surface area contributed by atoms with Crippen LogP contribution in [0.4, 0.5) is 37.7 Å². The summed E-state index contributed by atoms with van der Waals surface area (Å²) >= 11 is 0. The van der Waals surface area contributed by atoms with E-state index >= 15 is 0 Å². The lowest BCUT2D eigenvalue weighted by Gasteiger charge is -2.09. The first kappa shape index (κ1) is 36.9. The summed E-state index contributed by atoms with van der Waals surface area (Å²) < 4.78 is 80.6. The van der Waals surface area contributed by atoms with Gasteiger partial charge in [0, 0.05) is 35.6 Å². The van der Waals surface area contributed by atoms with Crippen molar-refractivity contribution in [1.82, 2.24) is 39.5 Å². The minimum absolute atomic E-state index is 0.0666. The highest BCUT2D eigenvalue weighted by Gasteiger charge is 2.39. The average Bonchev–Trinajstić information content (AvgIpc) is 4.10. The van der Waals surface area contributed by atoms with Gasteiger partial charge in [0.15, 0.2) is 23.0 Å². The number of hydrogen-bond acceptors (Lipinski definition) is 8. The van der Waals surface area contributed by atoms with E-state index in [1.165, 1.54) is 46.3 Å². The SMILES string of the molecule is Cc1cccnc1C(=O)Nc1ccc(-n2nc(C(F)(F)F)cc2C2CC2)nc1.O=C(Nc1ccc(-n2nc(C(F)(F)F)cc2C2CC2)nc1)c1ccccn1. The van der Waals surface area contributed by atoms with Gasteiger partial charge in [0.05, 0.1) is 23.8 Å². The van der Waals surface area contributed by atoms with Gasteiger partial charge in [-0.1, -0.05) is 12.1 Å². The van der Waals surface area contributed by atoms with Gasteiger partial charge < -0.3 is 10.6 Å². The zero-order valence-corrected chi connectivity index (χ0v) is 28.8. The second-order valence-electron chi connectivity index (χ2n) is 12.9. The Balaban J connectivity index is 0.000000169. The Bertz CT molecular complexity index is 2310. The van der Waals surface area contributed by atoms with Gasteiger partial charge in [-0.25, -0.2) is 19.3 Å². The predicted molar refractivity (Wildman–Crippen MR) is 186 cm³/mol. The zero-order chi connectivity index (χ0) is 38.9. The highest BCUT2D eigenvalue weighted by Crippen LogP contribution is 2.44. The number of anilines is 2. The first-order valence-corrected chi connectivity index (χ1v) is 17.0. The molecule has 55 heavy (non-hydrogen) atoms. The van der Waals surface area contributed by atoms with Gasteiger partial charge in [-0.05, 0) is 92.8 Å². The highest BCUT2D eigenvalue weighted by atomic mass is 19.4. The number of nitrogens with zero attached hydrogens (tertiary/aromatic N) is 8. The molecule has 2 amide bonds. The third-order valence-electron chi connectivity index (χ3n) is 8.61. The van der Waals surface area contributed by atoms with Gasteiger partial charge in [0.1, 0.15) is 11.4 Å². The van der Waals surface area contributed by atoms with E-state index in [2.05, 4.69) is 40.8 Å². The van der Waals surface area contributed by atoms with Crippen LogP contribution in [-0.2, 0) is 12.4 Å². The number of alkyl halides is 6. The molecular formula is C37H30F6N10O2. The van der Waals surface area contributed by atoms with Crippen molar-refractivity contribution in [2.75, 3.05) is 10.6 Å². The quantitative estimate of drug-likeness (QED) is 0.149. The zero-order valence-electron chi connectivity index (χ0n) is 28.8. The molecule has 2 saturated carbocycles. The van der Waals surface area contributed by atoms with Crippen molar-refractivity contribution in [3.63, 3.8) is 0 Å². The fourth-order valence-corrected chi connectivity index (χ4v) is 5.55. The first-order chi connectivity index (χ1) is 26.2. The number of aromatic nitrogens is 8. The van der Waals surface area contributed by atoms with E-state index in [0.29, 0.717) is 28.5 Å². The normalized spacial score (nSPS) is 14.2. The lowest BCUT2D eigenvalue weighted by atomic mass is 10.2. The van der Waals surface area contributed by atoms with E-state index in [4.69, 9.17) is 0 Å². The van der Waals surface area contributed by atoms with Gasteiger partial charge in [0.2, 0.25) is 0 Å². The summed E-state index contributed by atoms with van der Waals surface area (Å²) in [4.78, 5) is 40.7. The number of rotatable bonds is 8. The lowest BCUT2D eigenvalue weighted by molar-refractivity contribution is -0.142. The molecule has 2 N–H and O–H groups in total. The van der Waals surface area contributed by atoms with Crippen LogP contribution in [0.25, 0.3) is 11.6 Å². The van der Waals surface area contributed by atoms with E-state index in [-0.39, 0.29) is 35.1 Å². The van der Waals surface area contributed by atoms with Crippen LogP contribution in [0.5, 0.6) is 0 Å². The number of pyridine rings is 4.